The van der Waals surface area contributed by atoms with E-state index >= 15 is 0 Å². The maximum absolute atomic E-state index is 12.4. The number of anilines is 2. The Morgan fingerprint density at radius 2 is 2.08 bits per heavy atom. The Morgan fingerprint density at radius 3 is 2.81 bits per heavy atom. The van der Waals surface area contributed by atoms with E-state index in [9.17, 15) is 4.79 Å². The summed E-state index contributed by atoms with van der Waals surface area (Å²) in [6, 6.07) is 11.3. The molecular weight excluding hydrogens is 348 g/mol. The highest BCUT2D eigenvalue weighted by atomic mass is 32.2. The molecule has 26 heavy (non-hydrogen) atoms. The van der Waals surface area contributed by atoms with Gasteiger partial charge in [-0.1, -0.05) is 23.9 Å². The van der Waals surface area contributed by atoms with Crippen molar-refractivity contribution in [3.05, 3.63) is 60.2 Å². The van der Waals surface area contributed by atoms with Gasteiger partial charge < -0.3 is 15.2 Å². The van der Waals surface area contributed by atoms with Crippen LogP contribution in [-0.4, -0.2) is 32.7 Å². The van der Waals surface area contributed by atoms with Crippen LogP contribution in [0.5, 0.6) is 0 Å². The molecule has 7 nitrogen and oxygen atoms in total. The lowest BCUT2D eigenvalue weighted by molar-refractivity contribution is 0.102. The van der Waals surface area contributed by atoms with Crippen LogP contribution in [0.4, 0.5) is 11.4 Å². The standard InChI is InChI=1S/C18H20N6OS/c1-12(26-18-23-21-11-24(18)3)13-5-4-6-15(9-13)22-17(25)16-10-14(19-2)7-8-20-16/h4-12H,1-3H3,(H,19,20)(H,22,25)/t12-/m0/s1. The molecule has 1 atom stereocenters. The molecule has 2 N–H and O–H groups in total. The number of nitrogens with one attached hydrogen (secondary N) is 2. The third-order valence-electron chi connectivity index (χ3n) is 3.85. The van der Waals surface area contributed by atoms with Gasteiger partial charge in [0.25, 0.3) is 5.91 Å². The van der Waals surface area contributed by atoms with Crippen LogP contribution < -0.4 is 10.6 Å². The van der Waals surface area contributed by atoms with E-state index in [0.717, 1.165) is 22.1 Å². The van der Waals surface area contributed by atoms with Crippen LogP contribution in [-0.2, 0) is 7.05 Å². The van der Waals surface area contributed by atoms with Crippen molar-refractivity contribution in [2.45, 2.75) is 17.3 Å². The first-order chi connectivity index (χ1) is 12.6. The van der Waals surface area contributed by atoms with E-state index in [-0.39, 0.29) is 11.2 Å². The Balaban J connectivity index is 1.72. The largest absolute Gasteiger partial charge is 0.388 e. The Morgan fingerprint density at radius 1 is 1.23 bits per heavy atom. The molecule has 0 saturated carbocycles. The number of thioether (sulfide) groups is 1. The third kappa shape index (κ3) is 4.20. The summed E-state index contributed by atoms with van der Waals surface area (Å²) in [5, 5.41) is 14.9. The average Bonchev–Trinajstić information content (AvgIpc) is 3.06. The second kappa shape index (κ2) is 8.01. The number of amides is 1. The van der Waals surface area contributed by atoms with Crippen molar-refractivity contribution >= 4 is 29.0 Å². The average molecular weight is 368 g/mol. The fourth-order valence-electron chi connectivity index (χ4n) is 2.38. The maximum atomic E-state index is 12.4. The van der Waals surface area contributed by atoms with Gasteiger partial charge in [-0.2, -0.15) is 0 Å². The summed E-state index contributed by atoms with van der Waals surface area (Å²) in [6.07, 6.45) is 3.29. The summed E-state index contributed by atoms with van der Waals surface area (Å²) in [4.78, 5) is 16.6. The van der Waals surface area contributed by atoms with E-state index in [1.807, 2.05) is 41.9 Å². The van der Waals surface area contributed by atoms with Crippen LogP contribution in [0, 0.1) is 0 Å². The van der Waals surface area contributed by atoms with Gasteiger partial charge in [0.15, 0.2) is 5.16 Å². The highest BCUT2D eigenvalue weighted by molar-refractivity contribution is 7.99. The molecule has 3 rings (SSSR count). The van der Waals surface area contributed by atoms with Crippen LogP contribution >= 0.6 is 11.8 Å². The second-order valence-electron chi connectivity index (χ2n) is 5.74. The lowest BCUT2D eigenvalue weighted by Crippen LogP contribution is -2.14. The van der Waals surface area contributed by atoms with Gasteiger partial charge in [-0.15, -0.1) is 10.2 Å². The van der Waals surface area contributed by atoms with E-state index in [2.05, 4.69) is 32.7 Å². The number of benzene rings is 1. The van der Waals surface area contributed by atoms with Crippen molar-refractivity contribution in [2.24, 2.45) is 7.05 Å². The molecule has 0 aliphatic rings. The first-order valence-electron chi connectivity index (χ1n) is 8.12. The Hall–Kier alpha value is -2.87. The lowest BCUT2D eigenvalue weighted by atomic mass is 10.1. The zero-order valence-electron chi connectivity index (χ0n) is 14.8. The Kier molecular flexibility index (Phi) is 5.52. The molecule has 0 saturated heterocycles. The monoisotopic (exact) mass is 368 g/mol. The van der Waals surface area contributed by atoms with E-state index in [0.29, 0.717) is 5.69 Å². The predicted molar refractivity (Wildman–Crippen MR) is 103 cm³/mol. The van der Waals surface area contributed by atoms with Gasteiger partial charge in [-0.3, -0.25) is 9.78 Å². The lowest BCUT2D eigenvalue weighted by Gasteiger charge is -2.13. The summed E-state index contributed by atoms with van der Waals surface area (Å²) in [5.74, 6) is -0.243. The number of hydrogen-bond acceptors (Lipinski definition) is 6. The molecule has 134 valence electrons. The Bertz CT molecular complexity index is 910. The van der Waals surface area contributed by atoms with Gasteiger partial charge in [0.1, 0.15) is 12.0 Å². The summed E-state index contributed by atoms with van der Waals surface area (Å²) < 4.78 is 1.88. The van der Waals surface area contributed by atoms with E-state index in [1.54, 1.807) is 37.4 Å². The fourth-order valence-corrected chi connectivity index (χ4v) is 3.29. The van der Waals surface area contributed by atoms with Crippen molar-refractivity contribution in [3.63, 3.8) is 0 Å². The van der Waals surface area contributed by atoms with Crippen molar-refractivity contribution in [2.75, 3.05) is 17.7 Å². The van der Waals surface area contributed by atoms with Gasteiger partial charge >= 0.3 is 0 Å². The summed E-state index contributed by atoms with van der Waals surface area (Å²) in [6.45, 7) is 2.10. The quantitative estimate of drug-likeness (QED) is 0.649. The second-order valence-corrected chi connectivity index (χ2v) is 7.05. The number of nitrogens with zero attached hydrogens (tertiary/aromatic N) is 4. The molecule has 1 aromatic carbocycles. The molecule has 8 heteroatoms. The summed E-state index contributed by atoms with van der Waals surface area (Å²) in [5.41, 5.74) is 3.03. The van der Waals surface area contributed by atoms with Crippen molar-refractivity contribution in [1.82, 2.24) is 19.7 Å². The van der Waals surface area contributed by atoms with E-state index in [1.165, 1.54) is 0 Å². The smallest absolute Gasteiger partial charge is 0.274 e. The van der Waals surface area contributed by atoms with Crippen molar-refractivity contribution < 1.29 is 4.79 Å². The van der Waals surface area contributed by atoms with Crippen LogP contribution in [0.1, 0.15) is 28.2 Å². The number of carbonyl (C=O) groups is 1. The highest BCUT2D eigenvalue weighted by Crippen LogP contribution is 2.34. The summed E-state index contributed by atoms with van der Waals surface area (Å²) >= 11 is 1.61. The molecule has 0 spiro atoms. The zero-order chi connectivity index (χ0) is 18.5. The molecular formula is C18H20N6OS. The number of pyridine rings is 1. The molecule has 1 amide bonds. The highest BCUT2D eigenvalue weighted by Gasteiger charge is 2.13. The van der Waals surface area contributed by atoms with Crippen LogP contribution in [0.2, 0.25) is 0 Å². The molecule has 2 heterocycles. The number of rotatable bonds is 6. The van der Waals surface area contributed by atoms with Gasteiger partial charge in [0.2, 0.25) is 0 Å². The molecule has 3 aromatic rings. The first kappa shape index (κ1) is 17.9. The molecule has 0 fully saturated rings. The topological polar surface area (TPSA) is 84.7 Å². The molecule has 0 radical (unpaired) electrons. The molecule has 2 aromatic heterocycles. The predicted octanol–water partition coefficient (Wildman–Crippen LogP) is 3.36. The summed E-state index contributed by atoms with van der Waals surface area (Å²) in [7, 11) is 3.72. The molecule has 0 bridgehead atoms. The van der Waals surface area contributed by atoms with Gasteiger partial charge in [0.05, 0.1) is 0 Å². The van der Waals surface area contributed by atoms with Crippen LogP contribution in [0.15, 0.2) is 54.1 Å². The number of aromatic nitrogens is 4. The third-order valence-corrected chi connectivity index (χ3v) is 5.05. The maximum Gasteiger partial charge on any atom is 0.274 e. The van der Waals surface area contributed by atoms with Gasteiger partial charge in [-0.25, -0.2) is 0 Å². The number of aryl methyl sites for hydroxylation is 1. The van der Waals surface area contributed by atoms with Crippen LogP contribution in [0.25, 0.3) is 0 Å². The molecule has 0 unspecified atom stereocenters. The Labute approximate surface area is 156 Å². The van der Waals surface area contributed by atoms with E-state index in [4.69, 9.17) is 0 Å². The minimum atomic E-state index is -0.243. The minimum absolute atomic E-state index is 0.167. The SMILES string of the molecule is CNc1ccnc(C(=O)Nc2cccc([C@H](C)Sc3nncn3C)c2)c1. The number of hydrogen-bond donors (Lipinski definition) is 2. The van der Waals surface area contributed by atoms with Gasteiger partial charge in [0, 0.05) is 36.9 Å². The van der Waals surface area contributed by atoms with E-state index < -0.39 is 0 Å². The van der Waals surface area contributed by atoms with Crippen LogP contribution in [0.3, 0.4) is 0 Å². The first-order valence-corrected chi connectivity index (χ1v) is 9.00. The van der Waals surface area contributed by atoms with Crippen molar-refractivity contribution in [1.29, 1.82) is 0 Å². The molecule has 0 aliphatic heterocycles. The zero-order valence-corrected chi connectivity index (χ0v) is 15.6. The number of carbonyl (C=O) groups excluding carboxylic acids is 1. The van der Waals surface area contributed by atoms with Gasteiger partial charge in [-0.05, 0) is 36.8 Å². The molecule has 0 aliphatic carbocycles. The fraction of sp³-hybridized carbons (Fsp3) is 0.222. The van der Waals surface area contributed by atoms with Crippen molar-refractivity contribution in [3.8, 4) is 0 Å². The normalized spacial score (nSPS) is 11.8. The minimum Gasteiger partial charge on any atom is -0.388 e.